The van der Waals surface area contributed by atoms with Crippen LogP contribution in [0.5, 0.6) is 0 Å². The van der Waals surface area contributed by atoms with E-state index in [4.69, 9.17) is 46.4 Å². The Morgan fingerprint density at radius 1 is 0.875 bits per heavy atom. The van der Waals surface area contributed by atoms with Crippen LogP contribution in [0.3, 0.4) is 0 Å². The summed E-state index contributed by atoms with van der Waals surface area (Å²) in [4.78, 5) is 28.3. The highest BCUT2D eigenvalue weighted by atomic mass is 35.5. The normalized spacial score (nSPS) is 12.1. The largest absolute Gasteiger partial charge is 0.357 e. The Morgan fingerprint density at radius 3 is 2.17 bits per heavy atom. The van der Waals surface area contributed by atoms with E-state index in [1.165, 1.54) is 24.1 Å². The van der Waals surface area contributed by atoms with Crippen molar-refractivity contribution in [1.29, 1.82) is 0 Å². The molecule has 214 valence electrons. The maximum atomic E-state index is 13.7. The van der Waals surface area contributed by atoms with Crippen LogP contribution in [0.2, 0.25) is 20.1 Å². The number of carbonyl (C=O) groups is 2. The summed E-state index contributed by atoms with van der Waals surface area (Å²) in [7, 11) is -2.22. The summed E-state index contributed by atoms with van der Waals surface area (Å²) in [5, 5.41) is 3.90. The summed E-state index contributed by atoms with van der Waals surface area (Å²) in [6.07, 6.45) is 1.47. The minimum atomic E-state index is -3.73. The van der Waals surface area contributed by atoms with Crippen molar-refractivity contribution in [2.75, 3.05) is 24.2 Å². The van der Waals surface area contributed by atoms with E-state index in [2.05, 4.69) is 5.32 Å². The first-order valence-electron chi connectivity index (χ1n) is 12.3. The molecule has 0 radical (unpaired) electrons. The van der Waals surface area contributed by atoms with Crippen LogP contribution in [0, 0.1) is 0 Å². The molecule has 3 rings (SSSR count). The van der Waals surface area contributed by atoms with Crippen molar-refractivity contribution in [3.05, 3.63) is 97.9 Å². The van der Waals surface area contributed by atoms with Gasteiger partial charge in [-0.15, -0.1) is 0 Å². The zero-order valence-electron chi connectivity index (χ0n) is 21.9. The fourth-order valence-corrected chi connectivity index (χ4v) is 5.94. The SMILES string of the molecule is CNC(=O)[C@H](Cc1ccccc1)N(Cc1ccc(Cl)c(Cl)c1)C(=O)CCCN(c1cc(Cl)ccc1Cl)S(C)(=O)=O. The number of hydrogen-bond acceptors (Lipinski definition) is 4. The molecular weight excluding hydrogens is 616 g/mol. The van der Waals surface area contributed by atoms with Crippen molar-refractivity contribution < 1.29 is 18.0 Å². The lowest BCUT2D eigenvalue weighted by Gasteiger charge is -2.31. The van der Waals surface area contributed by atoms with Crippen molar-refractivity contribution in [3.8, 4) is 0 Å². The molecule has 0 fully saturated rings. The van der Waals surface area contributed by atoms with Gasteiger partial charge in [-0.3, -0.25) is 13.9 Å². The third-order valence-electron chi connectivity index (χ3n) is 6.18. The van der Waals surface area contributed by atoms with Crippen LogP contribution < -0.4 is 9.62 Å². The van der Waals surface area contributed by atoms with Gasteiger partial charge in [0.15, 0.2) is 0 Å². The molecule has 1 atom stereocenters. The van der Waals surface area contributed by atoms with Crippen molar-refractivity contribution >= 4 is 73.9 Å². The van der Waals surface area contributed by atoms with Gasteiger partial charge in [-0.2, -0.15) is 0 Å². The number of anilines is 1. The highest BCUT2D eigenvalue weighted by Crippen LogP contribution is 2.31. The van der Waals surface area contributed by atoms with Gasteiger partial charge in [-0.05, 0) is 47.9 Å². The van der Waals surface area contributed by atoms with E-state index in [9.17, 15) is 18.0 Å². The predicted molar refractivity (Wildman–Crippen MR) is 163 cm³/mol. The van der Waals surface area contributed by atoms with Gasteiger partial charge < -0.3 is 10.2 Å². The van der Waals surface area contributed by atoms with E-state index in [0.29, 0.717) is 20.6 Å². The zero-order valence-corrected chi connectivity index (χ0v) is 25.8. The Balaban J connectivity index is 1.88. The maximum Gasteiger partial charge on any atom is 0.242 e. The first-order valence-corrected chi connectivity index (χ1v) is 15.7. The van der Waals surface area contributed by atoms with Crippen molar-refractivity contribution in [1.82, 2.24) is 10.2 Å². The van der Waals surface area contributed by atoms with E-state index >= 15 is 0 Å². The van der Waals surface area contributed by atoms with Crippen molar-refractivity contribution in [3.63, 3.8) is 0 Å². The van der Waals surface area contributed by atoms with Gasteiger partial charge in [-0.25, -0.2) is 8.42 Å². The molecule has 0 bridgehead atoms. The first-order chi connectivity index (χ1) is 18.9. The molecule has 2 amide bonds. The molecule has 40 heavy (non-hydrogen) atoms. The Kier molecular flexibility index (Phi) is 11.5. The number of hydrogen-bond donors (Lipinski definition) is 1. The van der Waals surface area contributed by atoms with Crippen LogP contribution in [0.15, 0.2) is 66.7 Å². The molecule has 7 nitrogen and oxygen atoms in total. The second-order valence-electron chi connectivity index (χ2n) is 9.12. The maximum absolute atomic E-state index is 13.7. The monoisotopic (exact) mass is 643 g/mol. The molecule has 3 aromatic rings. The molecule has 0 spiro atoms. The van der Waals surface area contributed by atoms with Gasteiger partial charge in [0.25, 0.3) is 0 Å². The smallest absolute Gasteiger partial charge is 0.242 e. The first kappa shape index (κ1) is 32.0. The topological polar surface area (TPSA) is 86.8 Å². The average Bonchev–Trinajstić information content (AvgIpc) is 2.91. The van der Waals surface area contributed by atoms with Crippen LogP contribution in [0.4, 0.5) is 5.69 Å². The number of halogens is 4. The summed E-state index contributed by atoms with van der Waals surface area (Å²) >= 11 is 24.7. The third-order valence-corrected chi connectivity index (χ3v) is 8.66. The molecule has 0 aliphatic carbocycles. The molecule has 0 heterocycles. The standard InChI is InChI=1S/C28H29Cl4N3O4S/c1-33-28(37)26(16-19-7-4-3-5-8-19)34(18-20-10-12-22(30)24(32)15-20)27(36)9-6-14-35(40(2,38)39)25-17-21(29)11-13-23(25)31/h3-5,7-8,10-13,15,17,26H,6,9,14,16,18H2,1-2H3,(H,33,37)/t26-/m0/s1. The minimum Gasteiger partial charge on any atom is -0.357 e. The Hall–Kier alpha value is -2.49. The van der Waals surface area contributed by atoms with E-state index in [0.717, 1.165) is 16.1 Å². The van der Waals surface area contributed by atoms with Crippen LogP contribution in [-0.2, 0) is 32.6 Å². The lowest BCUT2D eigenvalue weighted by atomic mass is 10.0. The third kappa shape index (κ3) is 8.75. The number of benzene rings is 3. The summed E-state index contributed by atoms with van der Waals surface area (Å²) in [6.45, 7) is 0.0745. The quantitative estimate of drug-likeness (QED) is 0.253. The van der Waals surface area contributed by atoms with E-state index in [-0.39, 0.29) is 54.9 Å². The number of amides is 2. The molecule has 0 aliphatic heterocycles. The van der Waals surface area contributed by atoms with Gasteiger partial charge in [0.2, 0.25) is 21.8 Å². The minimum absolute atomic E-state index is 0.0193. The average molecular weight is 645 g/mol. The van der Waals surface area contributed by atoms with Crippen molar-refractivity contribution in [2.45, 2.75) is 31.8 Å². The van der Waals surface area contributed by atoms with Crippen LogP contribution >= 0.6 is 46.4 Å². The lowest BCUT2D eigenvalue weighted by molar-refractivity contribution is -0.141. The van der Waals surface area contributed by atoms with Crippen molar-refractivity contribution in [2.24, 2.45) is 0 Å². The summed E-state index contributed by atoms with van der Waals surface area (Å²) in [5.41, 5.74) is 1.79. The molecule has 3 aromatic carbocycles. The Bertz CT molecular complexity index is 1460. The van der Waals surface area contributed by atoms with Gasteiger partial charge in [0.05, 0.1) is 27.0 Å². The molecule has 0 saturated heterocycles. The Labute approximate surface area is 255 Å². The predicted octanol–water partition coefficient (Wildman–Crippen LogP) is 6.23. The van der Waals surface area contributed by atoms with E-state index in [1.807, 2.05) is 30.3 Å². The fourth-order valence-electron chi connectivity index (χ4n) is 4.21. The van der Waals surface area contributed by atoms with Gasteiger partial charge in [-0.1, -0.05) is 82.8 Å². The fraction of sp³-hybridized carbons (Fsp3) is 0.286. The van der Waals surface area contributed by atoms with Crippen LogP contribution in [0.1, 0.15) is 24.0 Å². The Morgan fingerprint density at radius 2 is 1.55 bits per heavy atom. The lowest BCUT2D eigenvalue weighted by Crippen LogP contribution is -2.49. The van der Waals surface area contributed by atoms with Gasteiger partial charge in [0, 0.05) is 38.0 Å². The second-order valence-corrected chi connectivity index (χ2v) is 12.7. The van der Waals surface area contributed by atoms with Gasteiger partial charge in [0.1, 0.15) is 6.04 Å². The summed E-state index contributed by atoms with van der Waals surface area (Å²) < 4.78 is 26.3. The number of sulfonamides is 1. The molecule has 0 aromatic heterocycles. The van der Waals surface area contributed by atoms with Crippen LogP contribution in [-0.4, -0.2) is 51.0 Å². The molecular formula is C28H29Cl4N3O4S. The van der Waals surface area contributed by atoms with Crippen LogP contribution in [0.25, 0.3) is 0 Å². The highest BCUT2D eigenvalue weighted by Gasteiger charge is 2.30. The highest BCUT2D eigenvalue weighted by molar-refractivity contribution is 7.92. The second kappa shape index (κ2) is 14.4. The van der Waals surface area contributed by atoms with Gasteiger partial charge >= 0.3 is 0 Å². The molecule has 0 saturated carbocycles. The number of nitrogens with one attached hydrogen (secondary N) is 1. The molecule has 0 aliphatic rings. The number of likely N-dealkylation sites (N-methyl/N-ethyl adjacent to an activating group) is 1. The number of nitrogens with zero attached hydrogens (tertiary/aromatic N) is 2. The summed E-state index contributed by atoms with van der Waals surface area (Å²) in [6, 6.07) is 18.1. The molecule has 1 N–H and O–H groups in total. The molecule has 0 unspecified atom stereocenters. The molecule has 12 heteroatoms. The zero-order chi connectivity index (χ0) is 29.4. The number of rotatable bonds is 12. The number of carbonyl (C=O) groups excluding carboxylic acids is 2. The van der Waals surface area contributed by atoms with E-state index in [1.54, 1.807) is 24.3 Å². The summed E-state index contributed by atoms with van der Waals surface area (Å²) in [5.74, 6) is -0.665. The van der Waals surface area contributed by atoms with E-state index < -0.39 is 16.1 Å².